The summed E-state index contributed by atoms with van der Waals surface area (Å²) in [5, 5.41) is 16.4. The number of Topliss-reactive ketones (excluding diaryl/α,β-unsaturated/α-hetero) is 1. The lowest BCUT2D eigenvalue weighted by atomic mass is 9.92. The number of anilines is 1. The van der Waals surface area contributed by atoms with Gasteiger partial charge in [-0.2, -0.15) is 0 Å². The fourth-order valence-electron chi connectivity index (χ4n) is 3.90. The minimum atomic E-state index is -0.774. The number of aliphatic carboxylic acids is 1. The molecule has 1 aromatic rings. The maximum Gasteiger partial charge on any atom is 0.320 e. The number of rotatable bonds is 13. The molecule has 2 atom stereocenters. The predicted molar refractivity (Wildman–Crippen MR) is 132 cm³/mol. The zero-order valence-corrected chi connectivity index (χ0v) is 20.5. The van der Waals surface area contributed by atoms with Crippen molar-refractivity contribution in [1.82, 2.24) is 5.32 Å². The van der Waals surface area contributed by atoms with E-state index < -0.39 is 12.0 Å². The fraction of sp³-hybridized carbons (Fsp3) is 0.556. The van der Waals surface area contributed by atoms with Crippen molar-refractivity contribution in [3.63, 3.8) is 0 Å². The van der Waals surface area contributed by atoms with E-state index in [1.54, 1.807) is 0 Å². The summed E-state index contributed by atoms with van der Waals surface area (Å²) in [4.78, 5) is 23.7. The molecule has 0 heterocycles. The average Bonchev–Trinajstić information content (AvgIpc) is 3.58. The maximum absolute atomic E-state index is 12.1. The van der Waals surface area contributed by atoms with E-state index in [2.05, 4.69) is 55.7 Å². The van der Waals surface area contributed by atoms with E-state index in [1.807, 2.05) is 26.8 Å². The van der Waals surface area contributed by atoms with E-state index in [-0.39, 0.29) is 11.8 Å². The van der Waals surface area contributed by atoms with E-state index in [0.29, 0.717) is 31.2 Å². The number of benzene rings is 1. The predicted octanol–water partition coefficient (Wildman–Crippen LogP) is 5.65. The van der Waals surface area contributed by atoms with Gasteiger partial charge in [-0.3, -0.25) is 9.59 Å². The zero-order chi connectivity index (χ0) is 23.8. The number of carbonyl (C=O) groups is 2. The van der Waals surface area contributed by atoms with Gasteiger partial charge < -0.3 is 15.7 Å². The summed E-state index contributed by atoms with van der Waals surface area (Å²) in [5.41, 5.74) is 5.09. The van der Waals surface area contributed by atoms with Gasteiger partial charge in [0.15, 0.2) is 5.78 Å². The summed E-state index contributed by atoms with van der Waals surface area (Å²) < 4.78 is 0. The minimum absolute atomic E-state index is 0.0585. The number of aryl methyl sites for hydroxylation is 1. The molecule has 0 aromatic heterocycles. The molecule has 1 saturated carbocycles. The van der Waals surface area contributed by atoms with Crippen molar-refractivity contribution in [1.29, 1.82) is 0 Å². The first-order chi connectivity index (χ1) is 15.2. The number of hydrogen-bond donors (Lipinski definition) is 3. The molecule has 1 aliphatic carbocycles. The second-order valence-corrected chi connectivity index (χ2v) is 9.36. The van der Waals surface area contributed by atoms with Crippen LogP contribution in [0, 0.1) is 18.8 Å². The van der Waals surface area contributed by atoms with Crippen LogP contribution in [-0.2, 0) is 16.1 Å². The molecule has 0 spiro atoms. The van der Waals surface area contributed by atoms with Gasteiger partial charge in [-0.15, -0.1) is 0 Å². The van der Waals surface area contributed by atoms with Gasteiger partial charge in [0.25, 0.3) is 0 Å². The molecule has 1 aliphatic rings. The molecule has 0 amide bonds. The lowest BCUT2D eigenvalue weighted by Crippen LogP contribution is -2.36. The van der Waals surface area contributed by atoms with Crippen molar-refractivity contribution < 1.29 is 14.7 Å². The van der Waals surface area contributed by atoms with Crippen LogP contribution in [0.2, 0.25) is 0 Å². The molecule has 0 aliphatic heterocycles. The number of carboxylic acid groups (broad SMARTS) is 1. The van der Waals surface area contributed by atoms with Crippen molar-refractivity contribution in [2.75, 3.05) is 5.32 Å². The molecule has 2 unspecified atom stereocenters. The highest BCUT2D eigenvalue weighted by atomic mass is 16.4. The second-order valence-electron chi connectivity index (χ2n) is 9.36. The van der Waals surface area contributed by atoms with Gasteiger partial charge in [0, 0.05) is 18.7 Å². The van der Waals surface area contributed by atoms with Crippen LogP contribution in [0.1, 0.15) is 71.4 Å². The summed E-state index contributed by atoms with van der Waals surface area (Å²) in [6.07, 6.45) is 7.57. The summed E-state index contributed by atoms with van der Waals surface area (Å²) in [6, 6.07) is 5.79. The lowest BCUT2D eigenvalue weighted by Gasteiger charge is -2.27. The highest BCUT2D eigenvalue weighted by Crippen LogP contribution is 2.33. The van der Waals surface area contributed by atoms with Gasteiger partial charge in [-0.1, -0.05) is 57.9 Å². The van der Waals surface area contributed by atoms with Gasteiger partial charge in [0.05, 0.1) is 6.04 Å². The molecule has 2 rings (SSSR count). The molecular weight excluding hydrogens is 400 g/mol. The quantitative estimate of drug-likeness (QED) is 0.273. The summed E-state index contributed by atoms with van der Waals surface area (Å²) in [7, 11) is 0. The molecule has 0 saturated heterocycles. The van der Waals surface area contributed by atoms with Gasteiger partial charge >= 0.3 is 5.97 Å². The van der Waals surface area contributed by atoms with Crippen LogP contribution < -0.4 is 10.6 Å². The molecule has 32 heavy (non-hydrogen) atoms. The maximum atomic E-state index is 12.1. The van der Waals surface area contributed by atoms with Crippen LogP contribution >= 0.6 is 0 Å². The van der Waals surface area contributed by atoms with Crippen LogP contribution in [0.5, 0.6) is 0 Å². The fourth-order valence-corrected chi connectivity index (χ4v) is 3.90. The largest absolute Gasteiger partial charge is 0.480 e. The van der Waals surface area contributed by atoms with Crippen LogP contribution in [0.15, 0.2) is 41.5 Å². The molecule has 0 bridgehead atoms. The summed E-state index contributed by atoms with van der Waals surface area (Å²) in [6.45, 7) is 12.7. The Balaban J connectivity index is 2.17. The Hall–Kier alpha value is -2.40. The highest BCUT2D eigenvalue weighted by Gasteiger charge is 2.28. The Morgan fingerprint density at radius 1 is 1.25 bits per heavy atom. The second kappa shape index (κ2) is 12.0. The Morgan fingerprint density at radius 2 is 1.94 bits per heavy atom. The summed E-state index contributed by atoms with van der Waals surface area (Å²) >= 11 is 0. The minimum Gasteiger partial charge on any atom is -0.480 e. The van der Waals surface area contributed by atoms with Crippen LogP contribution in [0.3, 0.4) is 0 Å². The monoisotopic (exact) mass is 440 g/mol. The third kappa shape index (κ3) is 7.63. The van der Waals surface area contributed by atoms with Crippen molar-refractivity contribution in [2.24, 2.45) is 11.8 Å². The van der Waals surface area contributed by atoms with Crippen LogP contribution in [0.25, 0.3) is 0 Å². The van der Waals surface area contributed by atoms with Gasteiger partial charge in [-0.25, -0.2) is 0 Å². The van der Waals surface area contributed by atoms with E-state index >= 15 is 0 Å². The first kappa shape index (κ1) is 25.9. The lowest BCUT2D eigenvalue weighted by molar-refractivity contribution is -0.139. The molecule has 0 radical (unpaired) electrons. The number of ketones is 1. The molecule has 176 valence electrons. The van der Waals surface area contributed by atoms with Crippen molar-refractivity contribution >= 4 is 17.4 Å². The molecule has 5 heteroatoms. The van der Waals surface area contributed by atoms with Gasteiger partial charge in [0.1, 0.15) is 6.04 Å². The third-order valence-corrected chi connectivity index (χ3v) is 6.23. The number of carbonyl (C=O) groups excluding carboxylic acids is 1. The van der Waals surface area contributed by atoms with Gasteiger partial charge in [0.2, 0.25) is 0 Å². The SMILES string of the molecule is C/C=C(\C=C(\C)C(=O)CC)C(Nc1cc(CNC(CC2CC2)C(=O)O)ccc1C)C(C)C. The van der Waals surface area contributed by atoms with Crippen molar-refractivity contribution in [3.8, 4) is 0 Å². The standard InChI is InChI=1S/C27H40N2O3/c1-7-22(13-19(6)25(30)8-2)26(17(3)4)29-23-15-21(10-9-18(23)5)16-28-24(27(31)32)14-20-11-12-20/h7,9-10,13,15,17,20,24,26,28-29H,8,11-12,14,16H2,1-6H3,(H,31,32)/b19-13-,22-7+. The number of hydrogen-bond acceptors (Lipinski definition) is 4. The Bertz CT molecular complexity index is 866. The highest BCUT2D eigenvalue weighted by molar-refractivity contribution is 5.95. The van der Waals surface area contributed by atoms with Crippen molar-refractivity contribution in [2.45, 2.75) is 85.9 Å². The normalized spacial score (nSPS) is 16.7. The Kier molecular flexibility index (Phi) is 9.70. The van der Waals surface area contributed by atoms with Crippen LogP contribution in [0.4, 0.5) is 5.69 Å². The Morgan fingerprint density at radius 3 is 2.47 bits per heavy atom. The number of nitrogens with one attached hydrogen (secondary N) is 2. The number of carboxylic acids is 1. The number of allylic oxidation sites excluding steroid dienone is 2. The topological polar surface area (TPSA) is 78.4 Å². The van der Waals surface area contributed by atoms with Gasteiger partial charge in [-0.05, 0) is 67.4 Å². The first-order valence-electron chi connectivity index (χ1n) is 11.9. The van der Waals surface area contributed by atoms with Crippen molar-refractivity contribution in [3.05, 3.63) is 52.6 Å². The molecular formula is C27H40N2O3. The zero-order valence-electron chi connectivity index (χ0n) is 20.5. The average molecular weight is 441 g/mol. The molecule has 1 aromatic carbocycles. The van der Waals surface area contributed by atoms with E-state index in [9.17, 15) is 14.7 Å². The molecule has 5 nitrogen and oxygen atoms in total. The van der Waals surface area contributed by atoms with Crippen LogP contribution in [-0.4, -0.2) is 28.9 Å². The van der Waals surface area contributed by atoms with E-state index in [1.165, 1.54) is 0 Å². The molecule has 3 N–H and O–H groups in total. The Labute approximate surface area is 193 Å². The smallest absolute Gasteiger partial charge is 0.320 e. The summed E-state index contributed by atoms with van der Waals surface area (Å²) in [5.74, 6) is 0.262. The molecule has 1 fully saturated rings. The van der Waals surface area contributed by atoms with E-state index in [0.717, 1.165) is 40.8 Å². The third-order valence-electron chi connectivity index (χ3n) is 6.23. The van der Waals surface area contributed by atoms with E-state index in [4.69, 9.17) is 0 Å². The first-order valence-corrected chi connectivity index (χ1v) is 11.9.